The molecule has 0 saturated heterocycles. The zero-order chi connectivity index (χ0) is 19.8. The molecule has 2 N–H and O–H groups in total. The molecular weight excluding hydrogens is 352 g/mol. The number of carbonyl (C=O) groups excluding carboxylic acids is 1. The summed E-state index contributed by atoms with van der Waals surface area (Å²) in [6, 6.07) is 22.8. The molecule has 3 aromatic carbocycles. The van der Waals surface area contributed by atoms with Crippen molar-refractivity contribution in [3.05, 3.63) is 89.5 Å². The maximum atomic E-state index is 12.4. The predicted molar refractivity (Wildman–Crippen MR) is 111 cm³/mol. The summed E-state index contributed by atoms with van der Waals surface area (Å²) >= 11 is 0. The van der Waals surface area contributed by atoms with Gasteiger partial charge in [0.15, 0.2) is 0 Å². The predicted octanol–water partition coefficient (Wildman–Crippen LogP) is 4.25. The number of rotatable bonds is 8. The molecule has 0 aliphatic carbocycles. The Hall–Kier alpha value is -3.31. The summed E-state index contributed by atoms with van der Waals surface area (Å²) in [5.41, 5.74) is 3.64. The van der Waals surface area contributed by atoms with Crippen LogP contribution in [0.1, 0.15) is 21.5 Å². The lowest BCUT2D eigenvalue weighted by Crippen LogP contribution is -2.14. The van der Waals surface area contributed by atoms with Crippen LogP contribution in [0.15, 0.2) is 72.8 Å². The maximum Gasteiger partial charge on any atom is 0.255 e. The van der Waals surface area contributed by atoms with Gasteiger partial charge in [-0.2, -0.15) is 0 Å². The van der Waals surface area contributed by atoms with Crippen LogP contribution in [-0.2, 0) is 13.1 Å². The Morgan fingerprint density at radius 3 is 2.04 bits per heavy atom. The third-order valence-corrected chi connectivity index (χ3v) is 4.35. The van der Waals surface area contributed by atoms with Gasteiger partial charge in [0.1, 0.15) is 11.5 Å². The van der Waals surface area contributed by atoms with Crippen LogP contribution in [0.4, 0.5) is 5.69 Å². The molecule has 0 aromatic heterocycles. The lowest BCUT2D eigenvalue weighted by Gasteiger charge is -2.09. The monoisotopic (exact) mass is 376 g/mol. The van der Waals surface area contributed by atoms with E-state index < -0.39 is 0 Å². The van der Waals surface area contributed by atoms with Crippen LogP contribution < -0.4 is 20.1 Å². The maximum absolute atomic E-state index is 12.4. The zero-order valence-corrected chi connectivity index (χ0v) is 16.1. The Morgan fingerprint density at radius 2 is 1.39 bits per heavy atom. The first-order chi connectivity index (χ1) is 13.7. The first-order valence-electron chi connectivity index (χ1n) is 9.06. The summed E-state index contributed by atoms with van der Waals surface area (Å²) in [6.45, 7) is 1.46. The number of ether oxygens (including phenoxy) is 2. The summed E-state index contributed by atoms with van der Waals surface area (Å²) in [6.07, 6.45) is 0. The molecule has 0 fully saturated rings. The van der Waals surface area contributed by atoms with Crippen LogP contribution in [0, 0.1) is 0 Å². The van der Waals surface area contributed by atoms with E-state index in [9.17, 15) is 4.79 Å². The Bertz CT molecular complexity index is 906. The minimum absolute atomic E-state index is 0.147. The van der Waals surface area contributed by atoms with Gasteiger partial charge in [-0.25, -0.2) is 0 Å². The van der Waals surface area contributed by atoms with Crippen LogP contribution in [-0.4, -0.2) is 20.1 Å². The molecule has 0 atom stereocenters. The molecule has 5 heteroatoms. The van der Waals surface area contributed by atoms with Crippen molar-refractivity contribution >= 4 is 11.6 Å². The van der Waals surface area contributed by atoms with Crippen LogP contribution in [0.25, 0.3) is 0 Å². The second-order valence-corrected chi connectivity index (χ2v) is 6.33. The fraction of sp³-hybridized carbons (Fsp3) is 0.174. The van der Waals surface area contributed by atoms with Crippen molar-refractivity contribution in [3.8, 4) is 11.5 Å². The summed E-state index contributed by atoms with van der Waals surface area (Å²) in [5, 5.41) is 6.35. The van der Waals surface area contributed by atoms with Crippen LogP contribution in [0.2, 0.25) is 0 Å². The number of methoxy groups -OCH3 is 2. The highest BCUT2D eigenvalue weighted by molar-refractivity contribution is 6.04. The molecule has 3 aromatic rings. The van der Waals surface area contributed by atoms with E-state index in [-0.39, 0.29) is 5.91 Å². The largest absolute Gasteiger partial charge is 0.497 e. The second-order valence-electron chi connectivity index (χ2n) is 6.33. The van der Waals surface area contributed by atoms with E-state index in [1.54, 1.807) is 38.5 Å². The van der Waals surface area contributed by atoms with Crippen LogP contribution in [0.5, 0.6) is 11.5 Å². The first kappa shape index (κ1) is 19.5. The lowest BCUT2D eigenvalue weighted by atomic mass is 10.1. The molecule has 0 aliphatic heterocycles. The fourth-order valence-corrected chi connectivity index (χ4v) is 2.80. The standard InChI is InChI=1S/C23H24N2O3/c1-27-21-10-6-17(7-11-21)15-24-16-18-4-3-5-20(14-18)25-23(26)19-8-12-22(28-2)13-9-19/h3-14,24H,15-16H2,1-2H3,(H,25,26). The van der Waals surface area contributed by atoms with Crippen molar-refractivity contribution in [2.24, 2.45) is 0 Å². The molecule has 0 aliphatic rings. The van der Waals surface area contributed by atoms with Crippen molar-refractivity contribution in [1.29, 1.82) is 0 Å². The van der Waals surface area contributed by atoms with Gasteiger partial charge in [0, 0.05) is 24.3 Å². The topological polar surface area (TPSA) is 59.6 Å². The number of benzene rings is 3. The van der Waals surface area contributed by atoms with E-state index in [1.807, 2.05) is 48.5 Å². The van der Waals surface area contributed by atoms with Gasteiger partial charge in [0.05, 0.1) is 14.2 Å². The van der Waals surface area contributed by atoms with Gasteiger partial charge in [0.25, 0.3) is 5.91 Å². The molecule has 0 spiro atoms. The molecule has 0 radical (unpaired) electrons. The molecule has 3 rings (SSSR count). The number of anilines is 1. The average molecular weight is 376 g/mol. The molecule has 144 valence electrons. The van der Waals surface area contributed by atoms with E-state index in [0.29, 0.717) is 12.1 Å². The van der Waals surface area contributed by atoms with Gasteiger partial charge < -0.3 is 20.1 Å². The summed E-state index contributed by atoms with van der Waals surface area (Å²) < 4.78 is 10.3. The van der Waals surface area contributed by atoms with Gasteiger partial charge in [-0.3, -0.25) is 4.79 Å². The Labute approximate surface area is 165 Å². The fourth-order valence-electron chi connectivity index (χ4n) is 2.80. The highest BCUT2D eigenvalue weighted by Gasteiger charge is 2.06. The highest BCUT2D eigenvalue weighted by Crippen LogP contribution is 2.16. The summed E-state index contributed by atoms with van der Waals surface area (Å²) in [5.74, 6) is 1.43. The van der Waals surface area contributed by atoms with Gasteiger partial charge in [0.2, 0.25) is 0 Å². The number of hydrogen-bond acceptors (Lipinski definition) is 4. The third kappa shape index (κ3) is 5.34. The summed E-state index contributed by atoms with van der Waals surface area (Å²) in [7, 11) is 3.26. The Kier molecular flexibility index (Phi) is 6.65. The normalized spacial score (nSPS) is 10.4. The van der Waals surface area contributed by atoms with Crippen LogP contribution in [0.3, 0.4) is 0 Å². The van der Waals surface area contributed by atoms with Crippen molar-refractivity contribution < 1.29 is 14.3 Å². The van der Waals surface area contributed by atoms with Gasteiger partial charge >= 0.3 is 0 Å². The first-order valence-corrected chi connectivity index (χ1v) is 9.06. The smallest absolute Gasteiger partial charge is 0.255 e. The SMILES string of the molecule is COc1ccc(CNCc2cccc(NC(=O)c3ccc(OC)cc3)c2)cc1. The quantitative estimate of drug-likeness (QED) is 0.617. The van der Waals surface area contributed by atoms with E-state index in [4.69, 9.17) is 9.47 Å². The van der Waals surface area contributed by atoms with Gasteiger partial charge in [-0.05, 0) is 59.7 Å². The molecule has 0 saturated carbocycles. The average Bonchev–Trinajstić information content (AvgIpc) is 2.74. The minimum atomic E-state index is -0.147. The molecule has 5 nitrogen and oxygen atoms in total. The Balaban J connectivity index is 1.54. The summed E-state index contributed by atoms with van der Waals surface area (Å²) in [4.78, 5) is 12.4. The van der Waals surface area contributed by atoms with Crippen molar-refractivity contribution in [1.82, 2.24) is 5.32 Å². The highest BCUT2D eigenvalue weighted by atomic mass is 16.5. The molecular formula is C23H24N2O3. The van der Waals surface area contributed by atoms with E-state index in [0.717, 1.165) is 29.3 Å². The molecule has 0 heterocycles. The van der Waals surface area contributed by atoms with E-state index >= 15 is 0 Å². The van der Waals surface area contributed by atoms with E-state index in [1.165, 1.54) is 5.56 Å². The molecule has 0 bridgehead atoms. The van der Waals surface area contributed by atoms with Crippen molar-refractivity contribution in [3.63, 3.8) is 0 Å². The van der Waals surface area contributed by atoms with Gasteiger partial charge in [-0.15, -0.1) is 0 Å². The lowest BCUT2D eigenvalue weighted by molar-refractivity contribution is 0.102. The zero-order valence-electron chi connectivity index (χ0n) is 16.1. The number of carbonyl (C=O) groups is 1. The molecule has 1 amide bonds. The van der Waals surface area contributed by atoms with Gasteiger partial charge in [-0.1, -0.05) is 24.3 Å². The Morgan fingerprint density at radius 1 is 0.786 bits per heavy atom. The van der Waals surface area contributed by atoms with E-state index in [2.05, 4.69) is 10.6 Å². The van der Waals surface area contributed by atoms with Crippen molar-refractivity contribution in [2.45, 2.75) is 13.1 Å². The third-order valence-electron chi connectivity index (χ3n) is 4.35. The number of nitrogens with one attached hydrogen (secondary N) is 2. The van der Waals surface area contributed by atoms with Crippen LogP contribution >= 0.6 is 0 Å². The second kappa shape index (κ2) is 9.58. The number of amides is 1. The minimum Gasteiger partial charge on any atom is -0.497 e. The molecule has 0 unspecified atom stereocenters. The number of hydrogen-bond donors (Lipinski definition) is 2. The molecule has 28 heavy (non-hydrogen) atoms. The van der Waals surface area contributed by atoms with Crippen molar-refractivity contribution in [2.75, 3.05) is 19.5 Å².